The fourth-order valence-electron chi connectivity index (χ4n) is 2.13. The summed E-state index contributed by atoms with van der Waals surface area (Å²) in [4.78, 5) is 18.3. The first-order chi connectivity index (χ1) is 10.4. The molecule has 0 radical (unpaired) electrons. The van der Waals surface area contributed by atoms with Gasteiger partial charge in [0.15, 0.2) is 0 Å². The molecule has 0 atom stereocenters. The van der Waals surface area contributed by atoms with Gasteiger partial charge in [0.2, 0.25) is 0 Å². The molecule has 0 unspecified atom stereocenters. The Morgan fingerprint density at radius 3 is 2.68 bits per heavy atom. The third-order valence-corrected chi connectivity index (χ3v) is 3.97. The van der Waals surface area contributed by atoms with E-state index in [4.69, 9.17) is 4.74 Å². The molecule has 1 aliphatic rings. The molecule has 1 saturated heterocycles. The van der Waals surface area contributed by atoms with E-state index in [-0.39, 0.29) is 6.61 Å². The summed E-state index contributed by atoms with van der Waals surface area (Å²) in [5, 5.41) is 12.0. The minimum atomic E-state index is -0.564. The lowest BCUT2D eigenvalue weighted by Crippen LogP contribution is -2.32. The molecule has 1 aromatic heterocycles. The first kappa shape index (κ1) is 16.9. The molecule has 6 nitrogen and oxygen atoms in total. The van der Waals surface area contributed by atoms with Gasteiger partial charge < -0.3 is 14.7 Å². The number of aliphatic hydroxyl groups is 1. The molecular formula is C15H23N3O3S. The second kappa shape index (κ2) is 7.19. The number of thioether (sulfide) groups is 1. The number of ether oxygens (including phenoxy) is 1. The number of hydrogen-bond acceptors (Lipinski definition) is 6. The minimum Gasteiger partial charge on any atom is -0.444 e. The topological polar surface area (TPSA) is 74.7 Å². The number of pyridine rings is 1. The number of nitrogens with zero attached hydrogens (tertiary/aromatic N) is 2. The standard InChI is InChI=1S/C15H23N3O3S/c1-15(2,3)21-14(20)17-13-9-12(8-11(10-19)16-13)18-4-6-22-7-5-18/h8-9,19H,4-7,10H2,1-3H3,(H,16,17,20). The summed E-state index contributed by atoms with van der Waals surface area (Å²) < 4.78 is 5.23. The van der Waals surface area contributed by atoms with Gasteiger partial charge in [-0.1, -0.05) is 0 Å². The maximum absolute atomic E-state index is 11.9. The van der Waals surface area contributed by atoms with E-state index >= 15 is 0 Å². The van der Waals surface area contributed by atoms with Gasteiger partial charge in [0.25, 0.3) is 0 Å². The molecule has 0 aromatic carbocycles. The van der Waals surface area contributed by atoms with Crippen molar-refractivity contribution in [2.45, 2.75) is 33.0 Å². The average Bonchev–Trinajstić information content (AvgIpc) is 2.45. The second-order valence-corrected chi connectivity index (χ2v) is 7.31. The van der Waals surface area contributed by atoms with Crippen LogP contribution in [0.25, 0.3) is 0 Å². The van der Waals surface area contributed by atoms with E-state index in [9.17, 15) is 9.90 Å². The molecule has 7 heteroatoms. The van der Waals surface area contributed by atoms with Crippen LogP contribution in [0.1, 0.15) is 26.5 Å². The number of aromatic nitrogens is 1. The fraction of sp³-hybridized carbons (Fsp3) is 0.600. The summed E-state index contributed by atoms with van der Waals surface area (Å²) in [6.45, 7) is 7.15. The summed E-state index contributed by atoms with van der Waals surface area (Å²) in [5.74, 6) is 2.55. The number of aliphatic hydroxyl groups excluding tert-OH is 1. The van der Waals surface area contributed by atoms with E-state index in [2.05, 4.69) is 15.2 Å². The summed E-state index contributed by atoms with van der Waals surface area (Å²) in [5.41, 5.74) is 0.929. The van der Waals surface area contributed by atoms with Crippen LogP contribution in [0.15, 0.2) is 12.1 Å². The van der Waals surface area contributed by atoms with Crippen molar-refractivity contribution >= 4 is 29.4 Å². The number of anilines is 2. The molecule has 1 aliphatic heterocycles. The maximum Gasteiger partial charge on any atom is 0.413 e. The van der Waals surface area contributed by atoms with Crippen molar-refractivity contribution in [3.8, 4) is 0 Å². The van der Waals surface area contributed by atoms with Crippen molar-refractivity contribution < 1.29 is 14.6 Å². The van der Waals surface area contributed by atoms with Crippen LogP contribution in [0.5, 0.6) is 0 Å². The zero-order chi connectivity index (χ0) is 16.2. The van der Waals surface area contributed by atoms with Crippen molar-refractivity contribution in [1.82, 2.24) is 4.98 Å². The molecule has 1 fully saturated rings. The van der Waals surface area contributed by atoms with E-state index in [1.165, 1.54) is 0 Å². The monoisotopic (exact) mass is 325 g/mol. The Balaban J connectivity index is 2.14. The van der Waals surface area contributed by atoms with Crippen molar-refractivity contribution in [2.75, 3.05) is 34.8 Å². The average molecular weight is 325 g/mol. The summed E-state index contributed by atoms with van der Waals surface area (Å²) >= 11 is 1.93. The molecule has 2 N–H and O–H groups in total. The van der Waals surface area contributed by atoms with Gasteiger partial charge in [0.1, 0.15) is 11.4 Å². The van der Waals surface area contributed by atoms with Crippen LogP contribution in [0.4, 0.5) is 16.3 Å². The third kappa shape index (κ3) is 5.06. The van der Waals surface area contributed by atoms with Gasteiger partial charge in [-0.15, -0.1) is 0 Å². The van der Waals surface area contributed by atoms with E-state index in [1.54, 1.807) is 20.8 Å². The normalized spacial score (nSPS) is 15.5. The van der Waals surface area contributed by atoms with Gasteiger partial charge in [-0.25, -0.2) is 9.78 Å². The zero-order valence-electron chi connectivity index (χ0n) is 13.3. The molecule has 0 aliphatic carbocycles. The third-order valence-electron chi connectivity index (χ3n) is 3.03. The molecule has 1 amide bonds. The number of carbonyl (C=O) groups is 1. The van der Waals surface area contributed by atoms with E-state index in [1.807, 2.05) is 23.9 Å². The van der Waals surface area contributed by atoms with Crippen LogP contribution in [-0.4, -0.2) is 46.4 Å². The van der Waals surface area contributed by atoms with Gasteiger partial charge in [-0.05, 0) is 26.8 Å². The van der Waals surface area contributed by atoms with Crippen molar-refractivity contribution in [3.05, 3.63) is 17.8 Å². The molecule has 0 bridgehead atoms. The lowest BCUT2D eigenvalue weighted by atomic mass is 10.2. The van der Waals surface area contributed by atoms with E-state index in [0.717, 1.165) is 30.3 Å². The van der Waals surface area contributed by atoms with E-state index < -0.39 is 11.7 Å². The Labute approximate surface area is 135 Å². The first-order valence-corrected chi connectivity index (χ1v) is 8.47. The number of amides is 1. The number of carbonyl (C=O) groups excluding carboxylic acids is 1. The quantitative estimate of drug-likeness (QED) is 0.889. The zero-order valence-corrected chi connectivity index (χ0v) is 14.1. The Bertz CT molecular complexity index is 525. The Morgan fingerprint density at radius 1 is 1.41 bits per heavy atom. The van der Waals surface area contributed by atoms with Crippen LogP contribution in [0.2, 0.25) is 0 Å². The minimum absolute atomic E-state index is 0.167. The predicted octanol–water partition coefficient (Wildman–Crippen LogP) is 2.47. The van der Waals surface area contributed by atoms with Crippen molar-refractivity contribution in [2.24, 2.45) is 0 Å². The van der Waals surface area contributed by atoms with Gasteiger partial charge >= 0.3 is 6.09 Å². The highest BCUT2D eigenvalue weighted by molar-refractivity contribution is 7.99. The number of rotatable bonds is 3. The first-order valence-electron chi connectivity index (χ1n) is 7.32. The molecule has 1 aromatic rings. The molecule has 0 spiro atoms. The highest BCUT2D eigenvalue weighted by Gasteiger charge is 2.18. The lowest BCUT2D eigenvalue weighted by molar-refractivity contribution is 0.0635. The molecule has 0 saturated carbocycles. The van der Waals surface area contributed by atoms with Gasteiger partial charge in [-0.2, -0.15) is 11.8 Å². The lowest BCUT2D eigenvalue weighted by Gasteiger charge is -2.29. The highest BCUT2D eigenvalue weighted by atomic mass is 32.2. The van der Waals surface area contributed by atoms with Crippen molar-refractivity contribution in [1.29, 1.82) is 0 Å². The largest absolute Gasteiger partial charge is 0.444 e. The van der Waals surface area contributed by atoms with Gasteiger partial charge in [-0.3, -0.25) is 5.32 Å². The smallest absolute Gasteiger partial charge is 0.413 e. The summed E-state index contributed by atoms with van der Waals surface area (Å²) in [6, 6.07) is 3.68. The van der Waals surface area contributed by atoms with Crippen LogP contribution >= 0.6 is 11.8 Å². The highest BCUT2D eigenvalue weighted by Crippen LogP contribution is 2.23. The van der Waals surface area contributed by atoms with Crippen molar-refractivity contribution in [3.63, 3.8) is 0 Å². The van der Waals surface area contributed by atoms with Gasteiger partial charge in [0, 0.05) is 36.3 Å². The van der Waals surface area contributed by atoms with Crippen LogP contribution in [0, 0.1) is 0 Å². The Hall–Kier alpha value is -1.47. The predicted molar refractivity (Wildman–Crippen MR) is 89.6 cm³/mol. The van der Waals surface area contributed by atoms with Crippen LogP contribution in [-0.2, 0) is 11.3 Å². The molecule has 2 rings (SSSR count). The van der Waals surface area contributed by atoms with Crippen LogP contribution in [0.3, 0.4) is 0 Å². The summed E-state index contributed by atoms with van der Waals surface area (Å²) in [7, 11) is 0. The SMILES string of the molecule is CC(C)(C)OC(=O)Nc1cc(N2CCSCC2)cc(CO)n1. The number of hydrogen-bond donors (Lipinski definition) is 2. The Morgan fingerprint density at radius 2 is 2.09 bits per heavy atom. The maximum atomic E-state index is 11.9. The van der Waals surface area contributed by atoms with E-state index in [0.29, 0.717) is 11.5 Å². The van der Waals surface area contributed by atoms with Crippen LogP contribution < -0.4 is 10.2 Å². The Kier molecular flexibility index (Phi) is 5.52. The summed E-state index contributed by atoms with van der Waals surface area (Å²) in [6.07, 6.45) is -0.546. The second-order valence-electron chi connectivity index (χ2n) is 6.09. The molecule has 2 heterocycles. The fourth-order valence-corrected chi connectivity index (χ4v) is 3.03. The molecule has 22 heavy (non-hydrogen) atoms. The number of nitrogens with one attached hydrogen (secondary N) is 1. The molecule has 122 valence electrons. The van der Waals surface area contributed by atoms with Gasteiger partial charge in [0.05, 0.1) is 12.3 Å². The molecular weight excluding hydrogens is 302 g/mol.